The Hall–Kier alpha value is -2.05. The molecule has 0 heterocycles. The number of rotatable bonds is 5. The van der Waals surface area contributed by atoms with Crippen LogP contribution in [0.1, 0.15) is 5.56 Å². The van der Waals surface area contributed by atoms with Crippen molar-refractivity contribution in [1.82, 2.24) is 0 Å². The van der Waals surface area contributed by atoms with Crippen molar-refractivity contribution in [2.24, 2.45) is 0 Å². The van der Waals surface area contributed by atoms with Crippen molar-refractivity contribution in [2.45, 2.75) is 6.92 Å². The van der Waals surface area contributed by atoms with Crippen LogP contribution >= 0.6 is 11.6 Å². The molecular weight excluding hydrogens is 324 g/mol. The maximum absolute atomic E-state index is 12.0. The Morgan fingerprint density at radius 3 is 2.45 bits per heavy atom. The summed E-state index contributed by atoms with van der Waals surface area (Å²) in [5, 5.41) is 3.11. The third-order valence-electron chi connectivity index (χ3n) is 2.93. The van der Waals surface area contributed by atoms with E-state index in [0.717, 1.165) is 9.87 Å². The topological polar surface area (TPSA) is 66.5 Å². The third-order valence-corrected chi connectivity index (χ3v) is 3.93. The molecule has 0 spiro atoms. The van der Waals surface area contributed by atoms with Gasteiger partial charge in [0.05, 0.1) is 5.69 Å². The van der Waals surface area contributed by atoms with Crippen molar-refractivity contribution in [2.75, 3.05) is 16.2 Å². The van der Waals surface area contributed by atoms with Crippen LogP contribution in [-0.2, 0) is 15.7 Å². The van der Waals surface area contributed by atoms with Gasteiger partial charge in [-0.1, -0.05) is 35.4 Å². The lowest BCUT2D eigenvalue weighted by molar-refractivity contribution is -0.114. The van der Waals surface area contributed by atoms with Crippen molar-refractivity contribution < 1.29 is 13.2 Å². The molecule has 2 rings (SSSR count). The van der Waals surface area contributed by atoms with E-state index in [1.807, 2.05) is 6.92 Å². The van der Waals surface area contributed by atoms with Crippen LogP contribution in [-0.4, -0.2) is 20.9 Å². The molecule has 0 radical (unpaired) electrons. The molecule has 5 nitrogen and oxygen atoms in total. The monoisotopic (exact) mass is 338 g/mol. The van der Waals surface area contributed by atoms with Crippen LogP contribution in [0.2, 0.25) is 5.02 Å². The number of benzene rings is 2. The minimum atomic E-state index is -2.92. The van der Waals surface area contributed by atoms with Crippen molar-refractivity contribution >= 4 is 39.8 Å². The van der Waals surface area contributed by atoms with Gasteiger partial charge in [-0.15, -0.1) is 0 Å². The van der Waals surface area contributed by atoms with Crippen LogP contribution in [0.5, 0.6) is 0 Å². The zero-order valence-electron chi connectivity index (χ0n) is 11.8. The average molecular weight is 339 g/mol. The molecule has 0 bridgehead atoms. The summed E-state index contributed by atoms with van der Waals surface area (Å²) in [6.07, 6.45) is 0. The van der Waals surface area contributed by atoms with E-state index >= 15 is 0 Å². The quantitative estimate of drug-likeness (QED) is 0.824. The molecule has 0 aromatic heterocycles. The van der Waals surface area contributed by atoms with Gasteiger partial charge in [0.1, 0.15) is 6.54 Å². The maximum atomic E-state index is 12.0. The smallest absolute Gasteiger partial charge is 0.245 e. The van der Waals surface area contributed by atoms with Crippen LogP contribution in [0.15, 0.2) is 48.5 Å². The number of carbonyl (C=O) groups excluding carboxylic acids is 1. The molecule has 2 aromatic rings. The van der Waals surface area contributed by atoms with Gasteiger partial charge in [0, 0.05) is 10.7 Å². The summed E-state index contributed by atoms with van der Waals surface area (Å²) >= 11 is 5.84. The Morgan fingerprint density at radius 2 is 1.86 bits per heavy atom. The van der Waals surface area contributed by atoms with E-state index in [1.165, 1.54) is 0 Å². The summed E-state index contributed by atoms with van der Waals surface area (Å²) in [4.78, 5) is 12.0. The first-order chi connectivity index (χ1) is 10.5. The maximum Gasteiger partial charge on any atom is 0.245 e. The molecule has 116 valence electrons. The molecule has 22 heavy (non-hydrogen) atoms. The number of hydrogen-bond donors (Lipinski definition) is 2. The highest BCUT2D eigenvalue weighted by molar-refractivity contribution is 7.74. The molecule has 0 fully saturated rings. The number of nitrogens with zero attached hydrogens (tertiary/aromatic N) is 1. The summed E-state index contributed by atoms with van der Waals surface area (Å²) in [5.74, 6) is -0.443. The van der Waals surface area contributed by atoms with E-state index in [2.05, 4.69) is 5.32 Å². The lowest BCUT2D eigenvalue weighted by Crippen LogP contribution is -2.32. The Balaban J connectivity index is 2.11. The second-order valence-electron chi connectivity index (χ2n) is 4.69. The van der Waals surface area contributed by atoms with Crippen LogP contribution in [0, 0.1) is 6.92 Å². The van der Waals surface area contributed by atoms with E-state index in [4.69, 9.17) is 11.6 Å². The van der Waals surface area contributed by atoms with Gasteiger partial charge in [-0.25, -0.2) is 8.42 Å². The molecule has 0 unspecified atom stereocenters. The first kappa shape index (κ1) is 16.3. The highest BCUT2D eigenvalue weighted by atomic mass is 35.5. The van der Waals surface area contributed by atoms with Crippen LogP contribution in [0.4, 0.5) is 11.4 Å². The summed E-state index contributed by atoms with van der Waals surface area (Å²) in [7, 11) is -2.92. The van der Waals surface area contributed by atoms with E-state index in [9.17, 15) is 13.2 Å². The molecule has 1 amide bonds. The summed E-state index contributed by atoms with van der Waals surface area (Å²) in [6, 6.07) is 13.5. The van der Waals surface area contributed by atoms with Gasteiger partial charge >= 0.3 is 0 Å². The SMILES string of the molecule is Cc1ccc(N(CC(=O)Nc2cccc(Cl)c2)[SH](=O)=O)cc1. The Kier molecular flexibility index (Phi) is 5.41. The third kappa shape index (κ3) is 4.47. The number of aryl methyl sites for hydroxylation is 1. The Labute approximate surface area is 135 Å². The van der Waals surface area contributed by atoms with Crippen molar-refractivity contribution in [3.05, 3.63) is 59.1 Å². The molecule has 0 saturated carbocycles. The zero-order valence-corrected chi connectivity index (χ0v) is 13.5. The molecule has 0 atom stereocenters. The number of anilines is 2. The number of carbonyl (C=O) groups is 1. The first-order valence-corrected chi connectivity index (χ1v) is 8.00. The van der Waals surface area contributed by atoms with E-state index in [-0.39, 0.29) is 6.54 Å². The minimum Gasteiger partial charge on any atom is -0.324 e. The number of thiol groups is 1. The highest BCUT2D eigenvalue weighted by Gasteiger charge is 2.14. The normalized spacial score (nSPS) is 10.5. The average Bonchev–Trinajstić information content (AvgIpc) is 2.45. The fourth-order valence-corrected chi connectivity index (χ4v) is 2.62. The van der Waals surface area contributed by atoms with Crippen molar-refractivity contribution in [1.29, 1.82) is 0 Å². The fraction of sp³-hybridized carbons (Fsp3) is 0.133. The molecule has 1 N–H and O–H groups in total. The molecule has 0 saturated heterocycles. The standard InChI is InChI=1S/C15H15ClN2O3S/c1-11-5-7-14(8-6-11)18(22(20)21)10-15(19)17-13-4-2-3-12(16)9-13/h2-9,22H,10H2,1H3,(H,17,19). The molecule has 0 aliphatic carbocycles. The molecular formula is C15H15ClN2O3S. The second kappa shape index (κ2) is 7.29. The summed E-state index contributed by atoms with van der Waals surface area (Å²) in [5.41, 5.74) is 1.97. The van der Waals surface area contributed by atoms with Gasteiger partial charge < -0.3 is 5.32 Å². The zero-order chi connectivity index (χ0) is 16.1. The number of halogens is 1. The first-order valence-electron chi connectivity index (χ1n) is 6.49. The van der Waals surface area contributed by atoms with E-state index in [1.54, 1.807) is 48.5 Å². The Morgan fingerprint density at radius 1 is 1.18 bits per heavy atom. The number of nitrogens with one attached hydrogen (secondary N) is 1. The summed E-state index contributed by atoms with van der Waals surface area (Å²) < 4.78 is 23.8. The van der Waals surface area contributed by atoms with Crippen molar-refractivity contribution in [3.63, 3.8) is 0 Å². The lowest BCUT2D eigenvalue weighted by atomic mass is 10.2. The minimum absolute atomic E-state index is 0.297. The predicted molar refractivity (Wildman–Crippen MR) is 88.9 cm³/mol. The largest absolute Gasteiger partial charge is 0.324 e. The van der Waals surface area contributed by atoms with Crippen LogP contribution in [0.3, 0.4) is 0 Å². The predicted octanol–water partition coefficient (Wildman–Crippen LogP) is 2.62. The van der Waals surface area contributed by atoms with Gasteiger partial charge in [0.2, 0.25) is 16.8 Å². The van der Waals surface area contributed by atoms with Gasteiger partial charge in [0.15, 0.2) is 0 Å². The van der Waals surface area contributed by atoms with Crippen LogP contribution in [0.25, 0.3) is 0 Å². The summed E-state index contributed by atoms with van der Waals surface area (Å²) in [6.45, 7) is 1.60. The van der Waals surface area contributed by atoms with Gasteiger partial charge in [-0.3, -0.25) is 9.10 Å². The molecule has 0 aliphatic rings. The van der Waals surface area contributed by atoms with E-state index in [0.29, 0.717) is 16.4 Å². The van der Waals surface area contributed by atoms with Crippen molar-refractivity contribution in [3.8, 4) is 0 Å². The lowest BCUT2D eigenvalue weighted by Gasteiger charge is -2.17. The number of hydrogen-bond acceptors (Lipinski definition) is 3. The van der Waals surface area contributed by atoms with E-state index < -0.39 is 16.8 Å². The van der Waals surface area contributed by atoms with Gasteiger partial charge in [-0.2, -0.15) is 0 Å². The molecule has 2 aromatic carbocycles. The molecule has 0 aliphatic heterocycles. The van der Waals surface area contributed by atoms with Crippen LogP contribution < -0.4 is 9.62 Å². The number of amides is 1. The second-order valence-corrected chi connectivity index (χ2v) is 6.08. The van der Waals surface area contributed by atoms with Gasteiger partial charge in [-0.05, 0) is 37.3 Å². The fourth-order valence-electron chi connectivity index (χ4n) is 1.86. The van der Waals surface area contributed by atoms with Gasteiger partial charge in [0.25, 0.3) is 0 Å². The molecule has 7 heteroatoms. The Bertz CT molecular complexity index is 737. The highest BCUT2D eigenvalue weighted by Crippen LogP contribution is 2.17.